The first-order valence-electron chi connectivity index (χ1n) is 17.7. The average Bonchev–Trinajstić information content (AvgIpc) is 3.57. The number of rotatable bonds is 9. The summed E-state index contributed by atoms with van der Waals surface area (Å²) in [6, 6.07) is 35.3. The largest absolute Gasteiger partial charge is 1.00 e. The standard InChI is InChI=1S/C17H16BrNO.C12H13BrO3.C7H9N.C4H6O4.C2H3BO2.Na/c18-13-8-6-12(7-9-13)15-10-11-16(17(15)20)19-14-4-2-1-3-5-14;1-2-16-12(15)11(7-8-14)9-3-5-10(13)6-4-9;8-6-7-4-2-1-3-5-7;1-3(5)7-8-4(2)6;1-2(4)5-3;/h1-9,15-16,19H,10-11H2;3-6,8,11H,2,7H2,1H3;1-5H,6,8H2;1-2H3;1H3;/q;;;;-1;+1. The van der Waals surface area contributed by atoms with Crippen molar-refractivity contribution in [3.63, 3.8) is 0 Å². The molecule has 303 valence electrons. The summed E-state index contributed by atoms with van der Waals surface area (Å²) in [6.45, 7) is 6.23. The number of halogens is 2. The van der Waals surface area contributed by atoms with Crippen LogP contribution < -0.4 is 40.6 Å². The Morgan fingerprint density at radius 3 is 1.69 bits per heavy atom. The molecule has 0 aromatic heterocycles. The fourth-order valence-corrected chi connectivity index (χ4v) is 5.43. The van der Waals surface area contributed by atoms with Gasteiger partial charge < -0.3 is 33.3 Å². The molecule has 3 N–H and O–H groups in total. The van der Waals surface area contributed by atoms with Crippen molar-refractivity contribution in [2.24, 2.45) is 5.73 Å². The number of aldehydes is 1. The number of para-hydroxylation sites is 1. The fraction of sp³-hybridized carbons (Fsp3) is 0.286. The summed E-state index contributed by atoms with van der Waals surface area (Å²) in [5.74, 6) is -2.26. The molecule has 0 saturated heterocycles. The molecule has 0 amide bonds. The third-order valence-corrected chi connectivity index (χ3v) is 8.57. The van der Waals surface area contributed by atoms with Gasteiger partial charge in [-0.2, -0.15) is 0 Å². The van der Waals surface area contributed by atoms with Crippen LogP contribution in [-0.2, 0) is 54.5 Å². The van der Waals surface area contributed by atoms with E-state index in [0.29, 0.717) is 18.9 Å². The zero-order chi connectivity index (χ0) is 42.6. The predicted octanol–water partition coefficient (Wildman–Crippen LogP) is 4.87. The molecule has 12 nitrogen and oxygen atoms in total. The topological polar surface area (TPSA) is 177 Å². The molecule has 0 spiro atoms. The van der Waals surface area contributed by atoms with Crippen LogP contribution in [0.15, 0.2) is 118 Å². The van der Waals surface area contributed by atoms with Gasteiger partial charge in [0.15, 0.2) is 5.78 Å². The molecular weight excluding hydrogens is 886 g/mol. The number of ketones is 1. The molecule has 5 rings (SSSR count). The Kier molecular flexibility index (Phi) is 29.6. The van der Waals surface area contributed by atoms with Crippen molar-refractivity contribution in [2.45, 2.75) is 71.4 Å². The summed E-state index contributed by atoms with van der Waals surface area (Å²) in [5, 5.41) is 3.34. The van der Waals surface area contributed by atoms with Crippen molar-refractivity contribution in [2.75, 3.05) is 11.9 Å². The van der Waals surface area contributed by atoms with Crippen LogP contribution in [0.25, 0.3) is 0 Å². The normalized spacial score (nSPS) is 13.8. The smallest absolute Gasteiger partial charge is 0.793 e. The Bertz CT molecular complexity index is 1790. The maximum atomic E-state index is 12.5. The Morgan fingerprint density at radius 1 is 0.793 bits per heavy atom. The van der Waals surface area contributed by atoms with Gasteiger partial charge in [0, 0.05) is 54.3 Å². The van der Waals surface area contributed by atoms with E-state index in [0.717, 1.165) is 58.7 Å². The molecule has 0 aliphatic heterocycles. The molecule has 1 fully saturated rings. The molecule has 0 heterocycles. The second-order valence-corrected chi connectivity index (χ2v) is 13.7. The van der Waals surface area contributed by atoms with Crippen molar-refractivity contribution in [3.8, 4) is 0 Å². The second-order valence-electron chi connectivity index (χ2n) is 11.9. The zero-order valence-electron chi connectivity index (χ0n) is 33.2. The van der Waals surface area contributed by atoms with Crippen molar-refractivity contribution in [3.05, 3.63) is 135 Å². The van der Waals surface area contributed by atoms with Crippen LogP contribution in [0.3, 0.4) is 0 Å². The Hall–Kier alpha value is -4.12. The van der Waals surface area contributed by atoms with E-state index in [2.05, 4.69) is 59.7 Å². The maximum Gasteiger partial charge on any atom is 1.00 e. The number of hydrogen-bond donors (Lipinski definition) is 2. The number of esters is 1. The monoisotopic (exact) mass is 931 g/mol. The van der Waals surface area contributed by atoms with Gasteiger partial charge in [-0.25, -0.2) is 19.4 Å². The molecule has 3 unspecified atom stereocenters. The summed E-state index contributed by atoms with van der Waals surface area (Å²) in [5.41, 5.74) is 9.47. The number of carbonyl (C=O) groups excluding carboxylic acids is 6. The van der Waals surface area contributed by atoms with E-state index >= 15 is 0 Å². The molecule has 1 aliphatic rings. The van der Waals surface area contributed by atoms with E-state index in [-0.39, 0.29) is 53.9 Å². The summed E-state index contributed by atoms with van der Waals surface area (Å²) in [7, 11) is 4.32. The first-order chi connectivity index (χ1) is 27.3. The number of benzene rings is 4. The summed E-state index contributed by atoms with van der Waals surface area (Å²) < 4.78 is 10.5. The van der Waals surface area contributed by atoms with Crippen LogP contribution in [0.1, 0.15) is 75.5 Å². The van der Waals surface area contributed by atoms with Gasteiger partial charge in [-0.3, -0.25) is 14.4 Å². The molecule has 58 heavy (non-hydrogen) atoms. The summed E-state index contributed by atoms with van der Waals surface area (Å²) in [6.07, 6.45) is 2.71. The fourth-order valence-electron chi connectivity index (χ4n) is 4.90. The Balaban J connectivity index is 0.000000761. The van der Waals surface area contributed by atoms with Gasteiger partial charge in [-0.05, 0) is 72.9 Å². The number of nitrogens with two attached hydrogens (primary N) is 1. The molecule has 4 aromatic rings. The first kappa shape index (κ1) is 53.9. The van der Waals surface area contributed by atoms with Gasteiger partial charge in [0.1, 0.15) is 6.29 Å². The van der Waals surface area contributed by atoms with Gasteiger partial charge in [0.05, 0.1) is 18.6 Å². The minimum Gasteiger partial charge on any atom is -0.793 e. The van der Waals surface area contributed by atoms with E-state index in [1.165, 1.54) is 12.5 Å². The van der Waals surface area contributed by atoms with E-state index < -0.39 is 23.8 Å². The predicted molar refractivity (Wildman–Crippen MR) is 225 cm³/mol. The van der Waals surface area contributed by atoms with E-state index in [1.807, 2.05) is 109 Å². The number of carbonyl (C=O) groups is 6. The minimum atomic E-state index is -0.639. The molecule has 0 bridgehead atoms. The Labute approximate surface area is 380 Å². The van der Waals surface area contributed by atoms with E-state index in [9.17, 15) is 28.8 Å². The van der Waals surface area contributed by atoms with Gasteiger partial charge in [-0.1, -0.05) is 105 Å². The van der Waals surface area contributed by atoms with Crippen molar-refractivity contribution < 1.29 is 77.5 Å². The third-order valence-electron chi connectivity index (χ3n) is 7.51. The van der Waals surface area contributed by atoms with Crippen LogP contribution in [0.5, 0.6) is 0 Å². The summed E-state index contributed by atoms with van der Waals surface area (Å²) in [4.78, 5) is 71.5. The van der Waals surface area contributed by atoms with Gasteiger partial charge in [-0.15, -0.1) is 0 Å². The third kappa shape index (κ3) is 23.3. The van der Waals surface area contributed by atoms with Crippen LogP contribution >= 0.6 is 31.9 Å². The van der Waals surface area contributed by atoms with Gasteiger partial charge >= 0.3 is 47.5 Å². The summed E-state index contributed by atoms with van der Waals surface area (Å²) >= 11 is 6.74. The van der Waals surface area contributed by atoms with Crippen LogP contribution in [0.2, 0.25) is 0 Å². The van der Waals surface area contributed by atoms with Crippen molar-refractivity contribution in [1.82, 2.24) is 0 Å². The number of nitrogens with one attached hydrogen (secondary N) is 1. The van der Waals surface area contributed by atoms with Crippen LogP contribution in [-0.4, -0.2) is 56.6 Å². The molecule has 1 aliphatic carbocycles. The average molecular weight is 933 g/mol. The number of ether oxygens (including phenoxy) is 1. The van der Waals surface area contributed by atoms with Crippen LogP contribution in [0.4, 0.5) is 5.69 Å². The molecule has 3 radical (unpaired) electrons. The zero-order valence-corrected chi connectivity index (χ0v) is 38.4. The SMILES string of the molecule is CC(=O)OOC(C)=O.CCOC(=O)C(CC=O)c1ccc(Br)cc1.NCc1ccccc1.O=C1C(Nc2ccccc2)CCC1c1ccc(Br)cc1.[B-]OC(C)=O.[Na+]. The minimum absolute atomic E-state index is 0. The number of Topliss-reactive ketones (excluding diaryl/α,β-unsaturated/α-hetero) is 1. The second kappa shape index (κ2) is 31.8. The number of anilines is 1. The van der Waals surface area contributed by atoms with Crippen molar-refractivity contribution >= 4 is 81.5 Å². The van der Waals surface area contributed by atoms with E-state index in [1.54, 1.807) is 6.92 Å². The molecule has 1 saturated carbocycles. The van der Waals surface area contributed by atoms with Gasteiger partial charge in [0.2, 0.25) is 5.97 Å². The van der Waals surface area contributed by atoms with E-state index in [4.69, 9.17) is 10.5 Å². The molecule has 3 atom stereocenters. The maximum absolute atomic E-state index is 12.5. The van der Waals surface area contributed by atoms with Crippen molar-refractivity contribution in [1.29, 1.82) is 0 Å². The number of hydrogen-bond acceptors (Lipinski definition) is 12. The van der Waals surface area contributed by atoms with Gasteiger partial charge in [0.25, 0.3) is 0 Å². The first-order valence-corrected chi connectivity index (χ1v) is 19.3. The Morgan fingerprint density at radius 2 is 1.28 bits per heavy atom. The van der Waals surface area contributed by atoms with Crippen LogP contribution in [0, 0.1) is 0 Å². The molecule has 16 heteroatoms. The molecular formula is C42H47BBr2N2NaO10. The molecule has 4 aromatic carbocycles. The quantitative estimate of drug-likeness (QED) is 0.0767.